The molecule has 0 saturated carbocycles. The molecule has 0 spiro atoms. The van der Waals surface area contributed by atoms with Crippen molar-refractivity contribution in [2.75, 3.05) is 13.2 Å². The zero-order chi connectivity index (χ0) is 9.90. The highest BCUT2D eigenvalue weighted by Gasteiger charge is 2.53. The molecule has 1 rings (SSSR count). The van der Waals surface area contributed by atoms with Crippen molar-refractivity contribution in [2.24, 2.45) is 0 Å². The summed E-state index contributed by atoms with van der Waals surface area (Å²) in [6, 6.07) is 0. The zero-order valence-electron chi connectivity index (χ0n) is 7.85. The summed E-state index contributed by atoms with van der Waals surface area (Å²) in [5.41, 5.74) is -0.182. The predicted molar refractivity (Wildman–Crippen MR) is 44.7 cm³/mol. The number of ether oxygens (including phenoxy) is 2. The molecule has 0 amide bonds. The van der Waals surface area contributed by atoms with Crippen molar-refractivity contribution in [1.29, 1.82) is 0 Å². The average molecular weight is 192 g/mol. The first kappa shape index (κ1) is 10.4. The molecule has 4 heteroatoms. The number of allylic oxidation sites excluding steroid dienone is 1. The molecule has 0 bridgehead atoms. The van der Waals surface area contributed by atoms with Crippen LogP contribution in [0.1, 0.15) is 20.3 Å². The third-order valence-corrected chi connectivity index (χ3v) is 1.87. The molecule has 1 saturated heterocycles. The molecular weight excluding hydrogens is 178 g/mol. The van der Waals surface area contributed by atoms with Crippen LogP contribution in [0.15, 0.2) is 11.8 Å². The lowest BCUT2D eigenvalue weighted by atomic mass is 10.1. The number of alkyl halides is 2. The van der Waals surface area contributed by atoms with Crippen LogP contribution in [-0.2, 0) is 9.47 Å². The van der Waals surface area contributed by atoms with Gasteiger partial charge in [-0.1, -0.05) is 0 Å². The molecule has 1 fully saturated rings. The Bertz CT molecular complexity index is 194. The Kier molecular flexibility index (Phi) is 3.25. The number of halogens is 2. The minimum Gasteiger partial charge on any atom is -0.501 e. The monoisotopic (exact) mass is 192 g/mol. The van der Waals surface area contributed by atoms with Gasteiger partial charge in [0.25, 0.3) is 6.43 Å². The standard InChI is InChI=1S/C9H14F2O2/c1-7(2)5-12-4-3-9(6-13-9)8(10)11/h5,8H,3-4,6H2,1-2H3. The lowest BCUT2D eigenvalue weighted by Gasteiger charge is -2.09. The van der Waals surface area contributed by atoms with Gasteiger partial charge >= 0.3 is 0 Å². The molecule has 1 heterocycles. The quantitative estimate of drug-likeness (QED) is 0.379. The van der Waals surface area contributed by atoms with Crippen LogP contribution < -0.4 is 0 Å². The number of hydrogen-bond donors (Lipinski definition) is 0. The summed E-state index contributed by atoms with van der Waals surface area (Å²) >= 11 is 0. The first-order valence-electron chi connectivity index (χ1n) is 4.24. The largest absolute Gasteiger partial charge is 0.501 e. The normalized spacial score (nSPS) is 25.9. The number of rotatable bonds is 5. The van der Waals surface area contributed by atoms with Crippen LogP contribution in [0.4, 0.5) is 8.78 Å². The molecule has 0 N–H and O–H groups in total. The van der Waals surface area contributed by atoms with Crippen LogP contribution in [0.2, 0.25) is 0 Å². The first-order chi connectivity index (χ1) is 6.07. The summed E-state index contributed by atoms with van der Waals surface area (Å²) in [4.78, 5) is 0. The van der Waals surface area contributed by atoms with Crippen LogP contribution in [0.3, 0.4) is 0 Å². The summed E-state index contributed by atoms with van der Waals surface area (Å²) < 4.78 is 34.3. The Morgan fingerprint density at radius 1 is 1.62 bits per heavy atom. The predicted octanol–water partition coefficient (Wildman–Crippen LogP) is 2.35. The molecule has 0 aliphatic carbocycles. The Morgan fingerprint density at radius 2 is 2.23 bits per heavy atom. The lowest BCUT2D eigenvalue weighted by Crippen LogP contribution is -2.23. The maximum Gasteiger partial charge on any atom is 0.269 e. The van der Waals surface area contributed by atoms with E-state index in [2.05, 4.69) is 0 Å². The lowest BCUT2D eigenvalue weighted by molar-refractivity contribution is 0.0307. The van der Waals surface area contributed by atoms with E-state index in [1.165, 1.54) is 0 Å². The van der Waals surface area contributed by atoms with Crippen molar-refractivity contribution < 1.29 is 18.3 Å². The Morgan fingerprint density at radius 3 is 2.62 bits per heavy atom. The second kappa shape index (κ2) is 4.05. The summed E-state index contributed by atoms with van der Waals surface area (Å²) in [6.45, 7) is 4.21. The van der Waals surface area contributed by atoms with Gasteiger partial charge < -0.3 is 9.47 Å². The fourth-order valence-corrected chi connectivity index (χ4v) is 0.929. The van der Waals surface area contributed by atoms with Crippen LogP contribution >= 0.6 is 0 Å². The van der Waals surface area contributed by atoms with Crippen molar-refractivity contribution in [1.82, 2.24) is 0 Å². The van der Waals surface area contributed by atoms with Crippen molar-refractivity contribution in [2.45, 2.75) is 32.3 Å². The van der Waals surface area contributed by atoms with E-state index >= 15 is 0 Å². The fraction of sp³-hybridized carbons (Fsp3) is 0.778. The highest BCUT2D eigenvalue weighted by molar-refractivity contribution is 4.95. The van der Waals surface area contributed by atoms with Crippen molar-refractivity contribution >= 4 is 0 Å². The van der Waals surface area contributed by atoms with E-state index in [0.717, 1.165) is 5.57 Å². The van der Waals surface area contributed by atoms with Crippen LogP contribution in [-0.4, -0.2) is 25.2 Å². The SMILES string of the molecule is CC(C)=COCCC1(C(F)F)CO1. The van der Waals surface area contributed by atoms with Gasteiger partial charge in [-0.3, -0.25) is 0 Å². The molecule has 0 aromatic rings. The van der Waals surface area contributed by atoms with Gasteiger partial charge in [0.1, 0.15) is 0 Å². The number of epoxide rings is 1. The third kappa shape index (κ3) is 2.95. The molecule has 0 aromatic heterocycles. The second-order valence-electron chi connectivity index (χ2n) is 3.47. The van der Waals surface area contributed by atoms with E-state index in [0.29, 0.717) is 0 Å². The van der Waals surface area contributed by atoms with E-state index < -0.39 is 12.0 Å². The Labute approximate surface area is 76.5 Å². The molecule has 13 heavy (non-hydrogen) atoms. The average Bonchev–Trinajstić information content (AvgIpc) is 2.78. The summed E-state index contributed by atoms with van der Waals surface area (Å²) in [6.07, 6.45) is -0.571. The molecular formula is C9H14F2O2. The van der Waals surface area contributed by atoms with E-state index in [1.54, 1.807) is 6.26 Å². The maximum absolute atomic E-state index is 12.3. The Balaban J connectivity index is 2.16. The molecule has 1 unspecified atom stereocenters. The van der Waals surface area contributed by atoms with Gasteiger partial charge in [-0.05, 0) is 19.4 Å². The molecule has 0 aromatic carbocycles. The van der Waals surface area contributed by atoms with Crippen LogP contribution in [0.25, 0.3) is 0 Å². The minimum absolute atomic E-state index is 0.156. The molecule has 1 aliphatic heterocycles. The van der Waals surface area contributed by atoms with Crippen molar-refractivity contribution in [3.8, 4) is 0 Å². The third-order valence-electron chi connectivity index (χ3n) is 1.87. The summed E-state index contributed by atoms with van der Waals surface area (Å²) in [5.74, 6) is 0. The zero-order valence-corrected chi connectivity index (χ0v) is 7.85. The molecule has 2 nitrogen and oxygen atoms in total. The molecule has 76 valence electrons. The van der Waals surface area contributed by atoms with Gasteiger partial charge in [-0.15, -0.1) is 0 Å². The van der Waals surface area contributed by atoms with Gasteiger partial charge in [0, 0.05) is 6.42 Å². The second-order valence-corrected chi connectivity index (χ2v) is 3.47. The molecule has 1 aliphatic rings. The van der Waals surface area contributed by atoms with E-state index in [9.17, 15) is 8.78 Å². The van der Waals surface area contributed by atoms with E-state index in [4.69, 9.17) is 9.47 Å². The van der Waals surface area contributed by atoms with Gasteiger partial charge in [0.2, 0.25) is 0 Å². The minimum atomic E-state index is -2.40. The fourth-order valence-electron chi connectivity index (χ4n) is 0.929. The maximum atomic E-state index is 12.3. The van der Waals surface area contributed by atoms with Gasteiger partial charge in [0.05, 0.1) is 19.5 Å². The van der Waals surface area contributed by atoms with E-state index in [-0.39, 0.29) is 19.6 Å². The molecule has 1 atom stereocenters. The summed E-state index contributed by atoms with van der Waals surface area (Å²) in [5, 5.41) is 0. The van der Waals surface area contributed by atoms with Gasteiger partial charge in [0.15, 0.2) is 5.60 Å². The smallest absolute Gasteiger partial charge is 0.269 e. The van der Waals surface area contributed by atoms with Gasteiger partial charge in [-0.25, -0.2) is 8.78 Å². The summed E-state index contributed by atoms with van der Waals surface area (Å²) in [7, 11) is 0. The van der Waals surface area contributed by atoms with Crippen LogP contribution in [0.5, 0.6) is 0 Å². The van der Waals surface area contributed by atoms with Crippen molar-refractivity contribution in [3.05, 3.63) is 11.8 Å². The van der Waals surface area contributed by atoms with Crippen molar-refractivity contribution in [3.63, 3.8) is 0 Å². The topological polar surface area (TPSA) is 21.8 Å². The number of hydrogen-bond acceptors (Lipinski definition) is 2. The van der Waals surface area contributed by atoms with E-state index in [1.807, 2.05) is 13.8 Å². The van der Waals surface area contributed by atoms with Crippen LogP contribution in [0, 0.1) is 0 Å². The first-order valence-corrected chi connectivity index (χ1v) is 4.24. The highest BCUT2D eigenvalue weighted by atomic mass is 19.3. The Hall–Kier alpha value is -0.640. The molecule has 0 radical (unpaired) electrons. The highest BCUT2D eigenvalue weighted by Crippen LogP contribution is 2.37. The van der Waals surface area contributed by atoms with Gasteiger partial charge in [-0.2, -0.15) is 0 Å².